The van der Waals surface area contributed by atoms with Crippen LogP contribution in [0.3, 0.4) is 0 Å². The summed E-state index contributed by atoms with van der Waals surface area (Å²) in [6.07, 6.45) is 3.14. The molecule has 0 bridgehead atoms. The van der Waals surface area contributed by atoms with Crippen molar-refractivity contribution < 1.29 is 9.53 Å². The molecule has 0 aliphatic carbocycles. The predicted molar refractivity (Wildman–Crippen MR) is 70.8 cm³/mol. The van der Waals surface area contributed by atoms with Crippen molar-refractivity contribution in [2.45, 2.75) is 26.2 Å². The van der Waals surface area contributed by atoms with Gasteiger partial charge in [-0.1, -0.05) is 0 Å². The summed E-state index contributed by atoms with van der Waals surface area (Å²) in [6, 6.07) is 7.37. The summed E-state index contributed by atoms with van der Waals surface area (Å²) in [6.45, 7) is 2.19. The van der Waals surface area contributed by atoms with Crippen LogP contribution in [0.4, 0.5) is 5.69 Å². The second-order valence-electron chi connectivity index (χ2n) is 3.80. The number of amides is 1. The van der Waals surface area contributed by atoms with Crippen LogP contribution in [0.5, 0.6) is 5.75 Å². The van der Waals surface area contributed by atoms with Crippen molar-refractivity contribution in [2.24, 2.45) is 0 Å². The molecule has 1 rings (SSSR count). The Bertz CT molecular complexity index is 338. The summed E-state index contributed by atoms with van der Waals surface area (Å²) in [5.74, 6) is 1.47. The number of alkyl halides is 1. The highest BCUT2D eigenvalue weighted by Gasteiger charge is 1.97. The lowest BCUT2D eigenvalue weighted by atomic mass is 10.2. The third kappa shape index (κ3) is 6.17. The normalized spacial score (nSPS) is 10.0. The highest BCUT2D eigenvalue weighted by atomic mass is 35.5. The van der Waals surface area contributed by atoms with Gasteiger partial charge in [0.15, 0.2) is 0 Å². The summed E-state index contributed by atoms with van der Waals surface area (Å²) in [5.41, 5.74) is 0.784. The Balaban J connectivity index is 2.28. The van der Waals surface area contributed by atoms with Gasteiger partial charge in [0.25, 0.3) is 0 Å². The van der Waals surface area contributed by atoms with Crippen LogP contribution >= 0.6 is 11.6 Å². The van der Waals surface area contributed by atoms with Crippen LogP contribution in [-0.2, 0) is 4.79 Å². The average molecular weight is 256 g/mol. The number of carbonyl (C=O) groups excluding carboxylic acids is 1. The summed E-state index contributed by atoms with van der Waals surface area (Å²) < 4.78 is 5.56. The second kappa shape index (κ2) is 7.96. The van der Waals surface area contributed by atoms with Crippen molar-refractivity contribution in [2.75, 3.05) is 17.8 Å². The van der Waals surface area contributed by atoms with E-state index in [2.05, 4.69) is 5.32 Å². The van der Waals surface area contributed by atoms with Gasteiger partial charge < -0.3 is 10.1 Å². The smallest absolute Gasteiger partial charge is 0.221 e. The Hall–Kier alpha value is -1.22. The Morgan fingerprint density at radius 2 is 1.94 bits per heavy atom. The maximum atomic E-state index is 10.8. The minimum atomic E-state index is -0.0697. The zero-order valence-electron chi connectivity index (χ0n) is 10.0. The number of rotatable bonds is 7. The maximum absolute atomic E-state index is 10.8. The predicted octanol–water partition coefficient (Wildman–Crippen LogP) is 3.43. The molecule has 1 aromatic carbocycles. The Morgan fingerprint density at radius 3 is 2.53 bits per heavy atom. The Morgan fingerprint density at radius 1 is 1.24 bits per heavy atom. The number of anilines is 1. The van der Waals surface area contributed by atoms with Crippen LogP contribution in [0.1, 0.15) is 26.2 Å². The monoisotopic (exact) mass is 255 g/mol. The molecule has 0 radical (unpaired) electrons. The minimum absolute atomic E-state index is 0.0697. The summed E-state index contributed by atoms with van der Waals surface area (Å²) >= 11 is 5.58. The van der Waals surface area contributed by atoms with Gasteiger partial charge in [0.2, 0.25) is 5.91 Å². The van der Waals surface area contributed by atoms with Gasteiger partial charge in [-0.25, -0.2) is 0 Å². The van der Waals surface area contributed by atoms with Crippen LogP contribution in [0.25, 0.3) is 0 Å². The molecule has 1 aromatic rings. The van der Waals surface area contributed by atoms with Gasteiger partial charge in [-0.2, -0.15) is 0 Å². The molecule has 1 amide bonds. The molecule has 0 unspecified atom stereocenters. The quantitative estimate of drug-likeness (QED) is 0.599. The molecule has 4 heteroatoms. The van der Waals surface area contributed by atoms with E-state index in [0.717, 1.165) is 30.7 Å². The second-order valence-corrected chi connectivity index (χ2v) is 4.18. The third-order valence-electron chi connectivity index (χ3n) is 2.22. The Kier molecular flexibility index (Phi) is 6.48. The molecule has 0 saturated carbocycles. The largest absolute Gasteiger partial charge is 0.494 e. The number of nitrogens with one attached hydrogen (secondary N) is 1. The fourth-order valence-electron chi connectivity index (χ4n) is 1.40. The van der Waals surface area contributed by atoms with Gasteiger partial charge in [-0.15, -0.1) is 11.6 Å². The zero-order valence-corrected chi connectivity index (χ0v) is 10.8. The lowest BCUT2D eigenvalue weighted by Crippen LogP contribution is -2.05. The molecular formula is C13H18ClNO2. The van der Waals surface area contributed by atoms with Crippen LogP contribution in [0.15, 0.2) is 24.3 Å². The van der Waals surface area contributed by atoms with Crippen molar-refractivity contribution in [3.05, 3.63) is 24.3 Å². The molecular weight excluding hydrogens is 238 g/mol. The summed E-state index contributed by atoms with van der Waals surface area (Å²) in [7, 11) is 0. The molecule has 1 N–H and O–H groups in total. The van der Waals surface area contributed by atoms with E-state index in [4.69, 9.17) is 16.3 Å². The van der Waals surface area contributed by atoms with Crippen molar-refractivity contribution in [1.82, 2.24) is 0 Å². The van der Waals surface area contributed by atoms with Crippen LogP contribution in [-0.4, -0.2) is 18.4 Å². The molecule has 0 atom stereocenters. The van der Waals surface area contributed by atoms with E-state index in [0.29, 0.717) is 12.5 Å². The summed E-state index contributed by atoms with van der Waals surface area (Å²) in [5, 5.41) is 2.71. The molecule has 0 saturated heterocycles. The first kappa shape index (κ1) is 13.8. The van der Waals surface area contributed by atoms with Gasteiger partial charge in [-0.05, 0) is 43.5 Å². The van der Waals surface area contributed by atoms with Gasteiger partial charge >= 0.3 is 0 Å². The number of halogens is 1. The van der Waals surface area contributed by atoms with Crippen molar-refractivity contribution in [1.29, 1.82) is 0 Å². The third-order valence-corrected chi connectivity index (χ3v) is 2.49. The summed E-state index contributed by atoms with van der Waals surface area (Å²) in [4.78, 5) is 10.8. The first-order chi connectivity index (χ1) is 8.22. The highest BCUT2D eigenvalue weighted by Crippen LogP contribution is 2.16. The van der Waals surface area contributed by atoms with E-state index in [1.807, 2.05) is 24.3 Å². The number of benzene rings is 1. The SMILES string of the molecule is CC(=O)Nc1ccc(OCCCCCCl)cc1. The standard InChI is InChI=1S/C13H18ClNO2/c1-11(16)15-12-5-7-13(8-6-12)17-10-4-2-3-9-14/h5-8H,2-4,9-10H2,1H3,(H,15,16). The number of carbonyl (C=O) groups is 1. The molecule has 0 aliphatic heterocycles. The number of unbranched alkanes of at least 4 members (excludes halogenated alkanes) is 2. The topological polar surface area (TPSA) is 38.3 Å². The lowest BCUT2D eigenvalue weighted by molar-refractivity contribution is -0.114. The Labute approximate surface area is 107 Å². The number of hydrogen-bond acceptors (Lipinski definition) is 2. The molecule has 0 heterocycles. The van der Waals surface area contributed by atoms with E-state index in [1.54, 1.807) is 0 Å². The highest BCUT2D eigenvalue weighted by molar-refractivity contribution is 6.17. The first-order valence-corrected chi connectivity index (χ1v) is 6.32. The zero-order chi connectivity index (χ0) is 12.5. The van der Waals surface area contributed by atoms with Crippen molar-refractivity contribution >= 4 is 23.2 Å². The molecule has 0 spiro atoms. The number of ether oxygens (including phenoxy) is 1. The van der Waals surface area contributed by atoms with Crippen LogP contribution < -0.4 is 10.1 Å². The van der Waals surface area contributed by atoms with Gasteiger partial charge in [-0.3, -0.25) is 4.79 Å². The molecule has 0 aliphatic rings. The van der Waals surface area contributed by atoms with Crippen LogP contribution in [0, 0.1) is 0 Å². The van der Waals surface area contributed by atoms with Gasteiger partial charge in [0, 0.05) is 18.5 Å². The number of hydrogen-bond donors (Lipinski definition) is 1. The molecule has 0 aromatic heterocycles. The van der Waals surface area contributed by atoms with E-state index in [9.17, 15) is 4.79 Å². The molecule has 94 valence electrons. The fraction of sp³-hybridized carbons (Fsp3) is 0.462. The fourth-order valence-corrected chi connectivity index (χ4v) is 1.59. The van der Waals surface area contributed by atoms with E-state index in [1.165, 1.54) is 6.92 Å². The van der Waals surface area contributed by atoms with Crippen LogP contribution in [0.2, 0.25) is 0 Å². The first-order valence-electron chi connectivity index (χ1n) is 5.79. The maximum Gasteiger partial charge on any atom is 0.221 e. The lowest BCUT2D eigenvalue weighted by Gasteiger charge is -2.07. The van der Waals surface area contributed by atoms with Crippen molar-refractivity contribution in [3.8, 4) is 5.75 Å². The van der Waals surface area contributed by atoms with Crippen molar-refractivity contribution in [3.63, 3.8) is 0 Å². The molecule has 17 heavy (non-hydrogen) atoms. The molecule has 3 nitrogen and oxygen atoms in total. The van der Waals surface area contributed by atoms with E-state index in [-0.39, 0.29) is 5.91 Å². The average Bonchev–Trinajstić information content (AvgIpc) is 2.30. The minimum Gasteiger partial charge on any atom is -0.494 e. The van der Waals surface area contributed by atoms with Gasteiger partial charge in [0.05, 0.1) is 6.61 Å². The van der Waals surface area contributed by atoms with E-state index < -0.39 is 0 Å². The molecule has 0 fully saturated rings. The van der Waals surface area contributed by atoms with E-state index >= 15 is 0 Å². The van der Waals surface area contributed by atoms with Gasteiger partial charge in [0.1, 0.15) is 5.75 Å².